The Morgan fingerprint density at radius 1 is 1.17 bits per heavy atom. The minimum Gasteiger partial charge on any atom is -0.437 e. The molecule has 2 bridgehead atoms. The minimum absolute atomic E-state index is 0.0872. The molecule has 35 heavy (non-hydrogen) atoms. The number of nitrogens with zero attached hydrogens (tertiary/aromatic N) is 6. The molecule has 186 valence electrons. The van der Waals surface area contributed by atoms with Crippen LogP contribution in [0.2, 0.25) is 0 Å². The van der Waals surface area contributed by atoms with Gasteiger partial charge in [0.1, 0.15) is 17.1 Å². The van der Waals surface area contributed by atoms with Crippen molar-refractivity contribution in [3.05, 3.63) is 40.2 Å². The summed E-state index contributed by atoms with van der Waals surface area (Å²) in [6.07, 6.45) is 6.68. The zero-order valence-electron chi connectivity index (χ0n) is 19.3. The quantitative estimate of drug-likeness (QED) is 0.433. The maximum Gasteiger partial charge on any atom is 0.223 e. The molecular weight excluding hydrogens is 539 g/mol. The summed E-state index contributed by atoms with van der Waals surface area (Å²) in [7, 11) is -3.24. The SMILES string of the molecule is CS(=O)(=O)N1CC2CCC(C1)N2Cc1cc(F)cnc1Oc1ccc2c(nnn2CC2CC2)c1Br. The fourth-order valence-corrected chi connectivity index (χ4v) is 6.58. The molecule has 1 saturated carbocycles. The van der Waals surface area contributed by atoms with E-state index in [1.807, 2.05) is 16.8 Å². The second kappa shape index (κ2) is 8.75. The van der Waals surface area contributed by atoms with Gasteiger partial charge in [0.05, 0.1) is 22.4 Å². The Morgan fingerprint density at radius 2 is 1.91 bits per heavy atom. The molecule has 2 saturated heterocycles. The van der Waals surface area contributed by atoms with E-state index in [2.05, 4.69) is 36.1 Å². The van der Waals surface area contributed by atoms with Gasteiger partial charge in [-0.2, -0.15) is 4.31 Å². The van der Waals surface area contributed by atoms with Crippen molar-refractivity contribution in [1.29, 1.82) is 0 Å². The van der Waals surface area contributed by atoms with Gasteiger partial charge in [-0.3, -0.25) is 4.90 Å². The van der Waals surface area contributed by atoms with Crippen LogP contribution in [-0.4, -0.2) is 69.0 Å². The lowest BCUT2D eigenvalue weighted by Gasteiger charge is -2.40. The Morgan fingerprint density at radius 3 is 2.60 bits per heavy atom. The van der Waals surface area contributed by atoms with Crippen molar-refractivity contribution in [2.75, 3.05) is 19.3 Å². The smallest absolute Gasteiger partial charge is 0.223 e. The van der Waals surface area contributed by atoms with Crippen LogP contribution in [0.25, 0.3) is 11.0 Å². The first-order valence-electron chi connectivity index (χ1n) is 11.8. The second-order valence-electron chi connectivity index (χ2n) is 9.82. The van der Waals surface area contributed by atoms with Crippen molar-refractivity contribution in [2.45, 2.75) is 50.9 Å². The molecule has 0 radical (unpaired) electrons. The van der Waals surface area contributed by atoms with Crippen molar-refractivity contribution in [1.82, 2.24) is 29.2 Å². The van der Waals surface area contributed by atoms with Gasteiger partial charge in [-0.15, -0.1) is 5.10 Å². The first-order valence-corrected chi connectivity index (χ1v) is 14.5. The first kappa shape index (κ1) is 23.3. The summed E-state index contributed by atoms with van der Waals surface area (Å²) in [5, 5.41) is 8.63. The van der Waals surface area contributed by atoms with Gasteiger partial charge in [0.25, 0.3) is 0 Å². The summed E-state index contributed by atoms with van der Waals surface area (Å²) in [5.74, 6) is 1.09. The first-order chi connectivity index (χ1) is 16.8. The molecule has 0 amide bonds. The van der Waals surface area contributed by atoms with Crippen molar-refractivity contribution < 1.29 is 17.5 Å². The summed E-state index contributed by atoms with van der Waals surface area (Å²) < 4.78 is 48.7. The van der Waals surface area contributed by atoms with E-state index in [1.165, 1.54) is 25.2 Å². The van der Waals surface area contributed by atoms with Gasteiger partial charge < -0.3 is 4.74 Å². The van der Waals surface area contributed by atoms with E-state index in [4.69, 9.17) is 4.74 Å². The molecule has 2 atom stereocenters. The highest BCUT2D eigenvalue weighted by Gasteiger charge is 2.42. The van der Waals surface area contributed by atoms with Crippen LogP contribution in [0.5, 0.6) is 11.6 Å². The molecule has 3 aromatic rings. The Hall–Kier alpha value is -2.15. The van der Waals surface area contributed by atoms with E-state index in [-0.39, 0.29) is 12.1 Å². The van der Waals surface area contributed by atoms with E-state index in [0.29, 0.717) is 52.7 Å². The number of pyridine rings is 1. The lowest BCUT2D eigenvalue weighted by Crippen LogP contribution is -2.54. The van der Waals surface area contributed by atoms with Crippen LogP contribution in [0, 0.1) is 11.7 Å². The summed E-state index contributed by atoms with van der Waals surface area (Å²) >= 11 is 3.61. The molecule has 0 N–H and O–H groups in total. The van der Waals surface area contributed by atoms with Gasteiger partial charge in [-0.25, -0.2) is 22.5 Å². The van der Waals surface area contributed by atoms with Crippen LogP contribution in [0.1, 0.15) is 31.2 Å². The maximum absolute atomic E-state index is 14.2. The van der Waals surface area contributed by atoms with Crippen molar-refractivity contribution >= 4 is 37.0 Å². The van der Waals surface area contributed by atoms with E-state index in [1.54, 1.807) is 4.31 Å². The lowest BCUT2D eigenvalue weighted by molar-refractivity contribution is 0.102. The standard InChI is InChI=1S/C23H26BrFN6O3S/c1-35(32,33)29-12-17-4-5-18(13-29)30(17)11-15-8-16(25)9-26-23(15)34-20-7-6-19-22(21(20)24)27-28-31(19)10-14-2-3-14/h6-9,14,17-18H,2-5,10-13H2,1H3. The molecule has 2 aromatic heterocycles. The highest BCUT2D eigenvalue weighted by atomic mass is 79.9. The average Bonchev–Trinajstić information content (AvgIpc) is 3.49. The zero-order chi connectivity index (χ0) is 24.3. The highest BCUT2D eigenvalue weighted by Crippen LogP contribution is 2.38. The molecule has 3 aliphatic rings. The molecule has 9 nitrogen and oxygen atoms in total. The normalized spacial score (nSPS) is 23.3. The van der Waals surface area contributed by atoms with Crippen LogP contribution >= 0.6 is 15.9 Å². The molecule has 2 aliphatic heterocycles. The maximum atomic E-state index is 14.2. The van der Waals surface area contributed by atoms with Crippen LogP contribution in [0.4, 0.5) is 4.39 Å². The van der Waals surface area contributed by atoms with E-state index >= 15 is 0 Å². The molecule has 1 aliphatic carbocycles. The largest absolute Gasteiger partial charge is 0.437 e. The number of fused-ring (bicyclic) bond motifs is 3. The molecule has 1 aromatic carbocycles. The average molecular weight is 565 g/mol. The monoisotopic (exact) mass is 564 g/mol. The van der Waals surface area contributed by atoms with Crippen molar-refractivity contribution in [3.8, 4) is 11.6 Å². The van der Waals surface area contributed by atoms with Gasteiger partial charge in [0, 0.05) is 43.8 Å². The Balaban J connectivity index is 1.25. The number of hydrogen-bond donors (Lipinski definition) is 0. The van der Waals surface area contributed by atoms with Gasteiger partial charge in [-0.1, -0.05) is 5.21 Å². The number of hydrogen-bond acceptors (Lipinski definition) is 7. The Kier molecular flexibility index (Phi) is 5.82. The number of sulfonamides is 1. The third-order valence-electron chi connectivity index (χ3n) is 7.24. The third kappa shape index (κ3) is 4.56. The molecule has 3 fully saturated rings. The van der Waals surface area contributed by atoms with Crippen LogP contribution < -0.4 is 4.74 Å². The van der Waals surface area contributed by atoms with Crippen LogP contribution in [0.3, 0.4) is 0 Å². The predicted molar refractivity (Wildman–Crippen MR) is 131 cm³/mol. The number of ether oxygens (including phenoxy) is 1. The molecule has 2 unspecified atom stereocenters. The minimum atomic E-state index is -3.24. The molecular formula is C23H26BrFN6O3S. The molecule has 12 heteroatoms. The Bertz CT molecular complexity index is 1380. The van der Waals surface area contributed by atoms with Gasteiger partial charge >= 0.3 is 0 Å². The van der Waals surface area contributed by atoms with E-state index in [9.17, 15) is 12.8 Å². The van der Waals surface area contributed by atoms with Crippen molar-refractivity contribution in [2.24, 2.45) is 5.92 Å². The second-order valence-corrected chi connectivity index (χ2v) is 12.6. The number of rotatable bonds is 7. The van der Waals surface area contributed by atoms with Gasteiger partial charge in [0.2, 0.25) is 15.9 Å². The van der Waals surface area contributed by atoms with Gasteiger partial charge in [-0.05, 0) is 65.7 Å². The third-order valence-corrected chi connectivity index (χ3v) is 9.24. The topological polar surface area (TPSA) is 93.5 Å². The number of benzene rings is 1. The summed E-state index contributed by atoms with van der Waals surface area (Å²) in [4.78, 5) is 6.50. The predicted octanol–water partition coefficient (Wildman–Crippen LogP) is 3.54. The van der Waals surface area contributed by atoms with E-state index in [0.717, 1.165) is 31.1 Å². The molecule has 0 spiro atoms. The van der Waals surface area contributed by atoms with Crippen LogP contribution in [0.15, 0.2) is 28.9 Å². The lowest BCUT2D eigenvalue weighted by atomic mass is 10.1. The summed E-state index contributed by atoms with van der Waals surface area (Å²) in [6.45, 7) is 2.20. The number of aromatic nitrogens is 4. The molecule has 4 heterocycles. The van der Waals surface area contributed by atoms with Crippen molar-refractivity contribution in [3.63, 3.8) is 0 Å². The Labute approximate surface area is 211 Å². The fourth-order valence-electron chi connectivity index (χ4n) is 5.20. The van der Waals surface area contributed by atoms with Crippen LogP contribution in [-0.2, 0) is 23.1 Å². The highest BCUT2D eigenvalue weighted by molar-refractivity contribution is 9.10. The summed E-state index contributed by atoms with van der Waals surface area (Å²) in [5.41, 5.74) is 2.27. The summed E-state index contributed by atoms with van der Waals surface area (Å²) in [6, 6.07) is 5.41. The molecule has 6 rings (SSSR count). The number of piperazine rings is 1. The fraction of sp³-hybridized carbons (Fsp3) is 0.522. The zero-order valence-corrected chi connectivity index (χ0v) is 21.7. The van der Waals surface area contributed by atoms with E-state index < -0.39 is 15.8 Å². The number of halogens is 2. The van der Waals surface area contributed by atoms with Gasteiger partial charge in [0.15, 0.2) is 0 Å².